The molecule has 0 radical (unpaired) electrons. The van der Waals surface area contributed by atoms with E-state index in [1.807, 2.05) is 36.4 Å². The summed E-state index contributed by atoms with van der Waals surface area (Å²) in [6.07, 6.45) is 0. The number of rotatable bonds is 6. The smallest absolute Gasteiger partial charge is 0.271 e. The standard InChI is InChI=1S/C21H15N3O4.C16H11N3O4.Cr/c1-12-10-19(26)21(16-8-7-14(24(27)28)11-17(12)16)23-22-20-15-5-3-2-4-13(15)6-9-18(20)25;20-14-8-6-11(19(22)23)9-13(14)17-18-16-12-4-2-1-3-10(12)5-7-15(16)21;/h2-11,25-26H,1H3;1-9,20-21H;. The average Bonchev–Trinajstić information content (AvgIpc) is 3.12. The molecule has 0 spiro atoms. The van der Waals surface area contributed by atoms with Crippen LogP contribution < -0.4 is 0 Å². The van der Waals surface area contributed by atoms with Gasteiger partial charge in [-0.05, 0) is 59.0 Å². The number of fused-ring (bicyclic) bond motifs is 3. The molecule has 0 aliphatic heterocycles. The predicted molar refractivity (Wildman–Crippen MR) is 191 cm³/mol. The van der Waals surface area contributed by atoms with Crippen LogP contribution >= 0.6 is 0 Å². The molecule has 0 heterocycles. The molecule has 7 rings (SSSR count). The molecule has 52 heavy (non-hydrogen) atoms. The predicted octanol–water partition coefficient (Wildman–Crippen LogP) is 10.6. The Balaban J connectivity index is 0.000000201. The van der Waals surface area contributed by atoms with Gasteiger partial charge in [-0.1, -0.05) is 60.7 Å². The largest absolute Gasteiger partial charge is 0.506 e. The Morgan fingerprint density at radius 1 is 0.481 bits per heavy atom. The number of nitro groups is 2. The number of benzene rings is 7. The molecule has 4 N–H and O–H groups in total. The van der Waals surface area contributed by atoms with Gasteiger partial charge >= 0.3 is 0 Å². The molecule has 7 aromatic carbocycles. The fourth-order valence-electron chi connectivity index (χ4n) is 5.38. The second kappa shape index (κ2) is 15.3. The summed E-state index contributed by atoms with van der Waals surface area (Å²) in [5, 5.41) is 82.6. The number of nitrogens with zero attached hydrogens (tertiary/aromatic N) is 6. The first-order valence-corrected chi connectivity index (χ1v) is 15.1. The van der Waals surface area contributed by atoms with Crippen LogP contribution in [0, 0.1) is 27.2 Å². The van der Waals surface area contributed by atoms with Crippen LogP contribution in [-0.2, 0) is 17.4 Å². The topological polar surface area (TPSA) is 217 Å². The van der Waals surface area contributed by atoms with Gasteiger partial charge in [0.2, 0.25) is 0 Å². The van der Waals surface area contributed by atoms with Gasteiger partial charge in [0.15, 0.2) is 0 Å². The Labute approximate surface area is 304 Å². The SMILES string of the molecule is Cc1cc(O)c(N=Nc2c(O)ccc3ccccc23)c2ccc([N+](=O)[O-])cc12.O=[N+]([O-])c1ccc(O)c(N=Nc2c(O)ccc3ccccc23)c1.[Cr]. The number of hydrogen-bond donors (Lipinski definition) is 4. The molecular weight excluding hydrogens is 708 g/mol. The first-order chi connectivity index (χ1) is 24.5. The van der Waals surface area contributed by atoms with Crippen LogP contribution in [0.1, 0.15) is 5.56 Å². The van der Waals surface area contributed by atoms with Crippen molar-refractivity contribution >= 4 is 66.4 Å². The monoisotopic (exact) mass is 734 g/mol. The molecule has 0 bridgehead atoms. The second-order valence-electron chi connectivity index (χ2n) is 11.2. The number of nitro benzene ring substituents is 2. The summed E-state index contributed by atoms with van der Waals surface area (Å²) in [7, 11) is 0. The van der Waals surface area contributed by atoms with Crippen LogP contribution in [-0.4, -0.2) is 30.3 Å². The van der Waals surface area contributed by atoms with E-state index in [9.17, 15) is 40.7 Å². The van der Waals surface area contributed by atoms with E-state index in [4.69, 9.17) is 0 Å². The third-order valence-electron chi connectivity index (χ3n) is 7.93. The number of hydrogen-bond acceptors (Lipinski definition) is 12. The number of aryl methyl sites for hydroxylation is 1. The Morgan fingerprint density at radius 2 is 0.942 bits per heavy atom. The van der Waals surface area contributed by atoms with Crippen LogP contribution in [0.25, 0.3) is 32.3 Å². The van der Waals surface area contributed by atoms with Gasteiger partial charge in [0.25, 0.3) is 11.4 Å². The maximum atomic E-state index is 11.1. The molecule has 15 heteroatoms. The third-order valence-corrected chi connectivity index (χ3v) is 7.93. The van der Waals surface area contributed by atoms with Crippen LogP contribution in [0.5, 0.6) is 23.0 Å². The van der Waals surface area contributed by atoms with Gasteiger partial charge in [0.05, 0.1) is 9.85 Å². The summed E-state index contributed by atoms with van der Waals surface area (Å²) >= 11 is 0. The minimum Gasteiger partial charge on any atom is -0.506 e. The fourth-order valence-corrected chi connectivity index (χ4v) is 5.38. The van der Waals surface area contributed by atoms with Crippen molar-refractivity contribution in [1.82, 2.24) is 0 Å². The van der Waals surface area contributed by atoms with Crippen molar-refractivity contribution in [3.63, 3.8) is 0 Å². The molecule has 0 aliphatic rings. The third kappa shape index (κ3) is 7.46. The van der Waals surface area contributed by atoms with Crippen LogP contribution in [0.2, 0.25) is 0 Å². The second-order valence-corrected chi connectivity index (χ2v) is 11.2. The summed E-state index contributed by atoms with van der Waals surface area (Å²) in [5.74, 6) is -0.437. The van der Waals surface area contributed by atoms with Gasteiger partial charge < -0.3 is 20.4 Å². The molecule has 0 unspecified atom stereocenters. The van der Waals surface area contributed by atoms with E-state index in [0.29, 0.717) is 21.7 Å². The molecule has 0 saturated heterocycles. The van der Waals surface area contributed by atoms with Crippen molar-refractivity contribution in [1.29, 1.82) is 0 Å². The van der Waals surface area contributed by atoms with E-state index in [0.717, 1.165) is 22.2 Å². The van der Waals surface area contributed by atoms with Gasteiger partial charge in [-0.25, -0.2) is 0 Å². The van der Waals surface area contributed by atoms with Crippen molar-refractivity contribution in [2.45, 2.75) is 6.92 Å². The van der Waals surface area contributed by atoms with Crippen LogP contribution in [0.3, 0.4) is 0 Å². The minimum absolute atomic E-state index is 0. The molecule has 7 aromatic rings. The van der Waals surface area contributed by atoms with Gasteiger partial charge in [-0.2, -0.15) is 0 Å². The molecule has 14 nitrogen and oxygen atoms in total. The van der Waals surface area contributed by atoms with Crippen LogP contribution in [0.15, 0.2) is 136 Å². The van der Waals surface area contributed by atoms with Crippen molar-refractivity contribution in [3.8, 4) is 23.0 Å². The van der Waals surface area contributed by atoms with Gasteiger partial charge in [-0.15, -0.1) is 20.5 Å². The van der Waals surface area contributed by atoms with Gasteiger partial charge in [-0.3, -0.25) is 20.2 Å². The molecule has 0 atom stereocenters. The first-order valence-electron chi connectivity index (χ1n) is 15.1. The summed E-state index contributed by atoms with van der Waals surface area (Å²) in [6.45, 7) is 1.75. The first kappa shape index (κ1) is 36.3. The maximum absolute atomic E-state index is 11.1. The zero-order valence-corrected chi connectivity index (χ0v) is 28.3. The Morgan fingerprint density at radius 3 is 1.50 bits per heavy atom. The van der Waals surface area contributed by atoms with Crippen molar-refractivity contribution < 1.29 is 47.6 Å². The van der Waals surface area contributed by atoms with E-state index < -0.39 is 9.85 Å². The van der Waals surface area contributed by atoms with Crippen molar-refractivity contribution in [3.05, 3.63) is 141 Å². The summed E-state index contributed by atoms with van der Waals surface area (Å²) < 4.78 is 0. The number of aromatic hydroxyl groups is 4. The molecular formula is C37H26CrN6O8. The normalized spacial score (nSPS) is 11.1. The molecule has 0 fully saturated rings. The fraction of sp³-hybridized carbons (Fsp3) is 0.0270. The van der Waals surface area contributed by atoms with Crippen molar-refractivity contribution in [2.24, 2.45) is 20.5 Å². The Hall–Kier alpha value is -6.95. The molecule has 0 aromatic heterocycles. The molecule has 0 saturated carbocycles. The van der Waals surface area contributed by atoms with E-state index in [-0.39, 0.29) is 74.5 Å². The maximum Gasteiger partial charge on any atom is 0.271 e. The average molecular weight is 735 g/mol. The van der Waals surface area contributed by atoms with Crippen LogP contribution in [0.4, 0.5) is 34.1 Å². The van der Waals surface area contributed by atoms with Crippen molar-refractivity contribution in [2.75, 3.05) is 0 Å². The Kier molecular flexibility index (Phi) is 10.7. The van der Waals surface area contributed by atoms with Gasteiger partial charge in [0.1, 0.15) is 45.7 Å². The molecule has 0 amide bonds. The quantitative estimate of drug-likeness (QED) is 0.0730. The van der Waals surface area contributed by atoms with E-state index in [1.165, 1.54) is 48.5 Å². The number of azo groups is 2. The zero-order chi connectivity index (χ0) is 36.2. The van der Waals surface area contributed by atoms with E-state index >= 15 is 0 Å². The number of phenolic OH excluding ortho intramolecular Hbond substituents is 4. The van der Waals surface area contributed by atoms with E-state index in [2.05, 4.69) is 20.5 Å². The molecule has 258 valence electrons. The number of non-ortho nitro benzene ring substituents is 2. The Bertz CT molecular complexity index is 2580. The van der Waals surface area contributed by atoms with Gasteiger partial charge in [0, 0.05) is 57.8 Å². The number of phenols is 4. The minimum atomic E-state index is -0.589. The van der Waals surface area contributed by atoms with E-state index in [1.54, 1.807) is 31.2 Å². The zero-order valence-electron chi connectivity index (χ0n) is 27.0. The molecule has 0 aliphatic carbocycles. The summed E-state index contributed by atoms with van der Waals surface area (Å²) in [4.78, 5) is 20.8. The summed E-state index contributed by atoms with van der Waals surface area (Å²) in [6, 6.07) is 30.5. The summed E-state index contributed by atoms with van der Waals surface area (Å²) in [5.41, 5.74) is 1.08.